The molecule has 194 valence electrons. The van der Waals surface area contributed by atoms with Gasteiger partial charge in [0.2, 0.25) is 11.7 Å². The molecule has 37 heavy (non-hydrogen) atoms. The third kappa shape index (κ3) is 6.49. The first-order valence-corrected chi connectivity index (χ1v) is 11.4. The van der Waals surface area contributed by atoms with E-state index in [1.807, 2.05) is 5.32 Å². The van der Waals surface area contributed by atoms with Gasteiger partial charge in [0.1, 0.15) is 18.2 Å². The Balaban J connectivity index is 1.93. The number of nitrogens with one attached hydrogen (secondary N) is 2. The first-order chi connectivity index (χ1) is 17.5. The van der Waals surface area contributed by atoms with Gasteiger partial charge < -0.3 is 10.6 Å². The van der Waals surface area contributed by atoms with Crippen molar-refractivity contribution in [2.45, 2.75) is 38.8 Å². The molecule has 0 aliphatic heterocycles. The number of alkyl halides is 2. The van der Waals surface area contributed by atoms with Crippen LogP contribution in [0, 0.1) is 12.7 Å². The zero-order chi connectivity index (χ0) is 27.2. The predicted octanol–water partition coefficient (Wildman–Crippen LogP) is 2.43. The van der Waals surface area contributed by atoms with Crippen molar-refractivity contribution in [1.29, 1.82) is 0 Å². The van der Waals surface area contributed by atoms with Crippen molar-refractivity contribution >= 4 is 17.6 Å². The van der Waals surface area contributed by atoms with Gasteiger partial charge in [-0.1, -0.05) is 30.3 Å². The molecule has 1 atom stereocenters. The molecule has 1 unspecified atom stereocenters. The van der Waals surface area contributed by atoms with Crippen molar-refractivity contribution in [1.82, 2.24) is 20.2 Å². The summed E-state index contributed by atoms with van der Waals surface area (Å²) in [5.41, 5.74) is 0.432. The topological polar surface area (TPSA) is 110 Å². The number of aromatic nitrogens is 2. The number of ketones is 1. The van der Waals surface area contributed by atoms with Gasteiger partial charge in [0.05, 0.1) is 6.04 Å². The van der Waals surface area contributed by atoms with E-state index in [-0.39, 0.29) is 24.4 Å². The molecule has 3 rings (SSSR count). The number of halogens is 3. The minimum Gasteiger partial charge on any atom is -0.351 e. The number of amides is 2. The van der Waals surface area contributed by atoms with Gasteiger partial charge in [-0.2, -0.15) is 8.78 Å². The molecule has 0 fully saturated rings. The van der Waals surface area contributed by atoms with Crippen molar-refractivity contribution in [2.75, 3.05) is 6.54 Å². The summed E-state index contributed by atoms with van der Waals surface area (Å²) in [4.78, 5) is 54.6. The summed E-state index contributed by atoms with van der Waals surface area (Å²) < 4.78 is 43.7. The average molecular weight is 515 g/mol. The van der Waals surface area contributed by atoms with Crippen LogP contribution in [0.1, 0.15) is 18.1 Å². The van der Waals surface area contributed by atoms with Crippen LogP contribution in [0.3, 0.4) is 0 Å². The highest BCUT2D eigenvalue weighted by atomic mass is 19.3. The molecule has 1 aromatic heterocycles. The van der Waals surface area contributed by atoms with E-state index in [0.29, 0.717) is 11.1 Å². The summed E-state index contributed by atoms with van der Waals surface area (Å²) in [5.74, 6) is -9.36. The van der Waals surface area contributed by atoms with Gasteiger partial charge in [-0.3, -0.25) is 23.7 Å². The molecule has 0 radical (unpaired) electrons. The number of carbonyl (C=O) groups excluding carboxylic acids is 3. The first kappa shape index (κ1) is 27.3. The lowest BCUT2D eigenvalue weighted by Crippen LogP contribution is -2.55. The van der Waals surface area contributed by atoms with Crippen molar-refractivity contribution < 1.29 is 27.6 Å². The minimum atomic E-state index is -4.40. The summed E-state index contributed by atoms with van der Waals surface area (Å²) in [5, 5.41) is 4.17. The fraction of sp³-hybridized carbons (Fsp3) is 0.269. The van der Waals surface area contributed by atoms with Crippen LogP contribution >= 0.6 is 0 Å². The van der Waals surface area contributed by atoms with E-state index in [2.05, 4.69) is 10.3 Å². The molecule has 2 aromatic carbocycles. The van der Waals surface area contributed by atoms with E-state index >= 15 is 0 Å². The molecule has 0 spiro atoms. The molecule has 0 aliphatic carbocycles. The highest BCUT2D eigenvalue weighted by molar-refractivity contribution is 6.10. The van der Waals surface area contributed by atoms with Crippen LogP contribution in [0.4, 0.5) is 13.2 Å². The Labute approximate surface area is 210 Å². The summed E-state index contributed by atoms with van der Waals surface area (Å²) in [6.45, 7) is 2.12. The Morgan fingerprint density at radius 2 is 1.70 bits per heavy atom. The SMILES string of the molecule is CCNC(=O)C(F)(F)C(=O)C(Cc1ccccc1)NC(=O)Cn1c(-c2ccc(F)cc2)ncc(C)c1=O. The van der Waals surface area contributed by atoms with Crippen LogP contribution in [0.5, 0.6) is 0 Å². The number of carbonyl (C=O) groups is 3. The standard InChI is InChI=1S/C26H25F3N4O4/c1-3-30-25(37)26(28,29)22(35)20(13-17-7-5-4-6-8-17)32-21(34)15-33-23(31-14-16(2)24(33)36)18-9-11-19(27)12-10-18/h4-12,14,20H,3,13,15H2,1-2H3,(H,30,37)(H,32,34). The Morgan fingerprint density at radius 1 is 1.05 bits per heavy atom. The number of hydrogen-bond donors (Lipinski definition) is 2. The van der Waals surface area contributed by atoms with E-state index in [0.717, 1.165) is 16.7 Å². The molecule has 0 saturated heterocycles. The van der Waals surface area contributed by atoms with E-state index in [1.165, 1.54) is 32.2 Å². The lowest BCUT2D eigenvalue weighted by Gasteiger charge is -2.23. The van der Waals surface area contributed by atoms with Crippen LogP contribution in [-0.2, 0) is 27.3 Å². The van der Waals surface area contributed by atoms with Gasteiger partial charge in [-0.05, 0) is 43.7 Å². The normalized spacial score (nSPS) is 12.0. The second-order valence-corrected chi connectivity index (χ2v) is 8.27. The maximum atomic E-state index is 14.7. The molecule has 11 heteroatoms. The third-order valence-corrected chi connectivity index (χ3v) is 5.49. The zero-order valence-corrected chi connectivity index (χ0v) is 20.1. The van der Waals surface area contributed by atoms with Gasteiger partial charge in [-0.15, -0.1) is 0 Å². The van der Waals surface area contributed by atoms with Crippen LogP contribution in [0.15, 0.2) is 65.6 Å². The molecule has 8 nitrogen and oxygen atoms in total. The zero-order valence-electron chi connectivity index (χ0n) is 20.1. The van der Waals surface area contributed by atoms with E-state index in [4.69, 9.17) is 0 Å². The Kier molecular flexibility index (Phi) is 8.59. The van der Waals surface area contributed by atoms with Crippen LogP contribution in [0.2, 0.25) is 0 Å². The monoisotopic (exact) mass is 514 g/mol. The molecule has 0 aliphatic rings. The maximum absolute atomic E-state index is 14.7. The summed E-state index contributed by atoms with van der Waals surface area (Å²) in [7, 11) is 0. The number of hydrogen-bond acceptors (Lipinski definition) is 5. The predicted molar refractivity (Wildman–Crippen MR) is 129 cm³/mol. The maximum Gasteiger partial charge on any atom is 0.383 e. The van der Waals surface area contributed by atoms with Crippen molar-refractivity contribution in [3.05, 3.63) is 88.1 Å². The smallest absolute Gasteiger partial charge is 0.351 e. The molecule has 3 aromatic rings. The second kappa shape index (κ2) is 11.6. The number of benzene rings is 2. The van der Waals surface area contributed by atoms with Gasteiger partial charge in [-0.25, -0.2) is 9.37 Å². The largest absolute Gasteiger partial charge is 0.383 e. The van der Waals surface area contributed by atoms with E-state index in [9.17, 15) is 32.3 Å². The van der Waals surface area contributed by atoms with E-state index < -0.39 is 47.5 Å². The average Bonchev–Trinajstić information content (AvgIpc) is 2.87. The van der Waals surface area contributed by atoms with Gasteiger partial charge in [0, 0.05) is 30.3 Å². The fourth-order valence-corrected chi connectivity index (χ4v) is 3.61. The quantitative estimate of drug-likeness (QED) is 0.404. The van der Waals surface area contributed by atoms with Crippen LogP contribution in [0.25, 0.3) is 11.4 Å². The Bertz CT molecular complexity index is 1340. The molecular formula is C26H25F3N4O4. The van der Waals surface area contributed by atoms with Crippen molar-refractivity contribution in [3.8, 4) is 11.4 Å². The van der Waals surface area contributed by atoms with Gasteiger partial charge in [0.25, 0.3) is 11.5 Å². The number of Topliss-reactive ketones (excluding diaryl/α,β-unsaturated/α-hetero) is 1. The van der Waals surface area contributed by atoms with Crippen LogP contribution in [-0.4, -0.2) is 45.7 Å². The number of aryl methyl sites for hydroxylation is 1. The third-order valence-electron chi connectivity index (χ3n) is 5.49. The fourth-order valence-electron chi connectivity index (χ4n) is 3.61. The van der Waals surface area contributed by atoms with Crippen LogP contribution < -0.4 is 16.2 Å². The summed E-state index contributed by atoms with van der Waals surface area (Å²) in [6.07, 6.45) is 0.982. The highest BCUT2D eigenvalue weighted by Crippen LogP contribution is 2.20. The number of rotatable bonds is 10. The molecule has 2 amide bonds. The second-order valence-electron chi connectivity index (χ2n) is 8.27. The Hall–Kier alpha value is -4.28. The molecule has 2 N–H and O–H groups in total. The first-order valence-electron chi connectivity index (χ1n) is 11.4. The molecule has 1 heterocycles. The van der Waals surface area contributed by atoms with Gasteiger partial charge >= 0.3 is 5.92 Å². The van der Waals surface area contributed by atoms with Crippen molar-refractivity contribution in [2.24, 2.45) is 0 Å². The van der Waals surface area contributed by atoms with Crippen molar-refractivity contribution in [3.63, 3.8) is 0 Å². The summed E-state index contributed by atoms with van der Waals surface area (Å²) >= 11 is 0. The highest BCUT2D eigenvalue weighted by Gasteiger charge is 2.50. The van der Waals surface area contributed by atoms with Gasteiger partial charge in [0.15, 0.2) is 0 Å². The Morgan fingerprint density at radius 3 is 2.32 bits per heavy atom. The minimum absolute atomic E-state index is 0.0457. The molecule has 0 saturated carbocycles. The summed E-state index contributed by atoms with van der Waals surface area (Å²) in [6, 6.07) is 11.4. The lowest BCUT2D eigenvalue weighted by atomic mass is 9.98. The van der Waals surface area contributed by atoms with E-state index in [1.54, 1.807) is 30.3 Å². The lowest BCUT2D eigenvalue weighted by molar-refractivity contribution is -0.160. The molecular weight excluding hydrogens is 489 g/mol. The number of nitrogens with zero attached hydrogens (tertiary/aromatic N) is 2. The molecule has 0 bridgehead atoms.